The fraction of sp³-hybridized carbons (Fsp3) is 0.219. The smallest absolute Gasteiger partial charge is 0.317 e. The Bertz CT molecular complexity index is 1700. The van der Waals surface area contributed by atoms with Crippen molar-refractivity contribution in [2.75, 3.05) is 33.0 Å². The van der Waals surface area contributed by atoms with Crippen molar-refractivity contribution in [3.8, 4) is 45.4 Å². The Hall–Kier alpha value is -5.93. The molecule has 0 radical (unpaired) electrons. The Morgan fingerprint density at radius 3 is 1.49 bits per heavy atom. The summed E-state index contributed by atoms with van der Waals surface area (Å²) >= 11 is 0. The van der Waals surface area contributed by atoms with E-state index in [2.05, 4.69) is 9.97 Å². The highest BCUT2D eigenvalue weighted by Gasteiger charge is 2.19. The standard InChI is InChI=1S/C32H29N5O10/c38-29(39)14-36(15-30(40)41)12-21-3-1-5-23(33-21)25-9-20(19-7-8-27-28(11-19)47-18-46-27)10-26(35-25)24-6-2-4-22(34-24)13-37(16-31(42)43)17-32(44)45/h1-11H,12-18H2,(H,38,39)(H,40,41)(H,42,43)(H,44,45). The SMILES string of the molecule is O=C(O)CN(CC(=O)O)Cc1cccc(-c2cc(-c3ccc4c(c3)OCO4)cc(-c3cccc(CN(CC(=O)O)CC(=O)O)n3)n2)n1. The molecule has 0 fully saturated rings. The lowest BCUT2D eigenvalue weighted by Gasteiger charge is -2.18. The average Bonchev–Trinajstić information content (AvgIpc) is 3.48. The molecule has 0 saturated heterocycles. The molecule has 0 spiro atoms. The minimum atomic E-state index is -1.17. The number of pyridine rings is 3. The summed E-state index contributed by atoms with van der Waals surface area (Å²) in [6, 6.07) is 19.3. The molecule has 4 heterocycles. The predicted octanol–water partition coefficient (Wildman–Crippen LogP) is 2.54. The summed E-state index contributed by atoms with van der Waals surface area (Å²) in [5, 5.41) is 37.0. The third-order valence-corrected chi connectivity index (χ3v) is 6.88. The molecule has 3 aromatic heterocycles. The van der Waals surface area contributed by atoms with Crippen LogP contribution in [-0.2, 0) is 32.3 Å². The van der Waals surface area contributed by atoms with Crippen molar-refractivity contribution >= 4 is 23.9 Å². The third kappa shape index (κ3) is 8.84. The number of carboxylic acids is 4. The lowest BCUT2D eigenvalue weighted by molar-refractivity contribution is -0.144. The number of nitrogens with zero attached hydrogens (tertiary/aromatic N) is 5. The van der Waals surface area contributed by atoms with Gasteiger partial charge in [-0.15, -0.1) is 0 Å². The van der Waals surface area contributed by atoms with E-state index in [1.54, 1.807) is 42.5 Å². The van der Waals surface area contributed by atoms with Crippen molar-refractivity contribution in [2.45, 2.75) is 13.1 Å². The highest BCUT2D eigenvalue weighted by molar-refractivity contribution is 5.77. The highest BCUT2D eigenvalue weighted by Crippen LogP contribution is 2.37. The van der Waals surface area contributed by atoms with Crippen LogP contribution in [0.2, 0.25) is 0 Å². The molecule has 47 heavy (non-hydrogen) atoms. The first-order valence-electron chi connectivity index (χ1n) is 14.2. The molecule has 0 saturated carbocycles. The number of hydrogen-bond donors (Lipinski definition) is 4. The van der Waals surface area contributed by atoms with E-state index in [1.165, 1.54) is 9.80 Å². The maximum atomic E-state index is 11.3. The molecule has 0 atom stereocenters. The Labute approximate surface area is 267 Å². The predicted molar refractivity (Wildman–Crippen MR) is 163 cm³/mol. The number of aromatic nitrogens is 3. The molecule has 4 N–H and O–H groups in total. The minimum absolute atomic E-state index is 0.0338. The number of rotatable bonds is 15. The number of fused-ring (bicyclic) bond motifs is 1. The van der Waals surface area contributed by atoms with Crippen LogP contribution in [0.15, 0.2) is 66.7 Å². The van der Waals surface area contributed by atoms with Gasteiger partial charge in [0.1, 0.15) is 0 Å². The molecule has 4 aromatic rings. The monoisotopic (exact) mass is 643 g/mol. The number of carboxylic acid groups (broad SMARTS) is 4. The maximum Gasteiger partial charge on any atom is 0.317 e. The zero-order chi connectivity index (χ0) is 33.5. The first-order chi connectivity index (χ1) is 22.5. The fourth-order valence-electron chi connectivity index (χ4n) is 5.02. The van der Waals surface area contributed by atoms with E-state index >= 15 is 0 Å². The van der Waals surface area contributed by atoms with Gasteiger partial charge in [0.15, 0.2) is 11.5 Å². The molecular weight excluding hydrogens is 614 g/mol. The summed E-state index contributed by atoms with van der Waals surface area (Å²) in [5.41, 5.74) is 4.09. The number of benzene rings is 1. The summed E-state index contributed by atoms with van der Waals surface area (Å²) in [7, 11) is 0. The molecule has 0 aliphatic carbocycles. The molecule has 15 nitrogen and oxygen atoms in total. The second-order valence-electron chi connectivity index (χ2n) is 10.6. The van der Waals surface area contributed by atoms with E-state index in [0.717, 1.165) is 11.1 Å². The van der Waals surface area contributed by atoms with Gasteiger partial charge in [-0.2, -0.15) is 0 Å². The van der Waals surface area contributed by atoms with Gasteiger partial charge in [0, 0.05) is 13.1 Å². The van der Waals surface area contributed by atoms with Gasteiger partial charge in [0.25, 0.3) is 0 Å². The van der Waals surface area contributed by atoms with Crippen LogP contribution >= 0.6 is 0 Å². The zero-order valence-electron chi connectivity index (χ0n) is 24.8. The van der Waals surface area contributed by atoms with Crippen molar-refractivity contribution in [3.05, 3.63) is 78.1 Å². The summed E-state index contributed by atoms with van der Waals surface area (Å²) in [6.45, 7) is -1.92. The van der Waals surface area contributed by atoms with E-state index in [0.29, 0.717) is 45.7 Å². The van der Waals surface area contributed by atoms with Crippen molar-refractivity contribution in [1.29, 1.82) is 0 Å². The van der Waals surface area contributed by atoms with Crippen LogP contribution in [0.1, 0.15) is 11.4 Å². The highest BCUT2D eigenvalue weighted by atomic mass is 16.7. The molecule has 15 heteroatoms. The Kier molecular flexibility index (Phi) is 9.98. The normalized spacial score (nSPS) is 12.0. The van der Waals surface area contributed by atoms with Crippen LogP contribution in [0.25, 0.3) is 33.9 Å². The quantitative estimate of drug-likeness (QED) is 0.147. The van der Waals surface area contributed by atoms with Crippen molar-refractivity contribution in [3.63, 3.8) is 0 Å². The van der Waals surface area contributed by atoms with Crippen LogP contribution in [0.5, 0.6) is 11.5 Å². The van der Waals surface area contributed by atoms with Gasteiger partial charge in [-0.3, -0.25) is 29.0 Å². The van der Waals surface area contributed by atoms with Gasteiger partial charge in [0.05, 0.1) is 60.3 Å². The fourth-order valence-corrected chi connectivity index (χ4v) is 5.02. The van der Waals surface area contributed by atoms with Crippen LogP contribution in [0.3, 0.4) is 0 Å². The molecule has 1 aromatic carbocycles. The summed E-state index contributed by atoms with van der Waals surface area (Å²) in [4.78, 5) is 61.9. The molecule has 0 bridgehead atoms. The van der Waals surface area contributed by atoms with Gasteiger partial charge in [0.2, 0.25) is 6.79 Å². The lowest BCUT2D eigenvalue weighted by Crippen LogP contribution is -2.34. The van der Waals surface area contributed by atoms with Crippen molar-refractivity contribution < 1.29 is 49.1 Å². The molecule has 1 aliphatic rings. The van der Waals surface area contributed by atoms with E-state index < -0.39 is 50.1 Å². The zero-order valence-corrected chi connectivity index (χ0v) is 24.8. The number of carbonyl (C=O) groups is 4. The third-order valence-electron chi connectivity index (χ3n) is 6.88. The van der Waals surface area contributed by atoms with Crippen LogP contribution < -0.4 is 9.47 Å². The minimum Gasteiger partial charge on any atom is -0.480 e. The number of aliphatic carboxylic acids is 4. The Morgan fingerprint density at radius 2 is 1.02 bits per heavy atom. The summed E-state index contributed by atoms with van der Waals surface area (Å²) in [5.74, 6) is -3.52. The van der Waals surface area contributed by atoms with Crippen molar-refractivity contribution in [1.82, 2.24) is 24.8 Å². The van der Waals surface area contributed by atoms with Crippen LogP contribution in [0.4, 0.5) is 0 Å². The van der Waals surface area contributed by atoms with Gasteiger partial charge >= 0.3 is 23.9 Å². The van der Waals surface area contributed by atoms with Gasteiger partial charge in [-0.1, -0.05) is 18.2 Å². The molecule has 242 valence electrons. The van der Waals surface area contributed by atoms with Crippen LogP contribution in [0, 0.1) is 0 Å². The molecule has 0 unspecified atom stereocenters. The second-order valence-corrected chi connectivity index (χ2v) is 10.6. The molecule has 5 rings (SSSR count). The second kappa shape index (κ2) is 14.4. The van der Waals surface area contributed by atoms with Crippen molar-refractivity contribution in [2.24, 2.45) is 0 Å². The molecule has 1 aliphatic heterocycles. The Balaban J connectivity index is 1.54. The first kappa shape index (κ1) is 32.5. The van der Waals surface area contributed by atoms with Gasteiger partial charge in [-0.25, -0.2) is 15.0 Å². The van der Waals surface area contributed by atoms with Crippen LogP contribution in [-0.4, -0.2) is 102 Å². The van der Waals surface area contributed by atoms with Gasteiger partial charge in [-0.05, 0) is 59.7 Å². The summed E-state index contributed by atoms with van der Waals surface area (Å²) in [6.07, 6.45) is 0. The van der Waals surface area contributed by atoms with Gasteiger partial charge < -0.3 is 29.9 Å². The number of ether oxygens (including phenoxy) is 2. The van der Waals surface area contributed by atoms with E-state index in [4.69, 9.17) is 14.5 Å². The maximum absolute atomic E-state index is 11.3. The number of hydrogen-bond acceptors (Lipinski definition) is 11. The van der Waals surface area contributed by atoms with E-state index in [9.17, 15) is 39.6 Å². The molecular formula is C32H29N5O10. The summed E-state index contributed by atoms with van der Waals surface area (Å²) < 4.78 is 11.0. The topological polar surface area (TPSA) is 213 Å². The van der Waals surface area contributed by atoms with E-state index in [1.807, 2.05) is 24.3 Å². The lowest BCUT2D eigenvalue weighted by atomic mass is 10.0. The largest absolute Gasteiger partial charge is 0.480 e. The average molecular weight is 644 g/mol. The first-order valence-corrected chi connectivity index (χ1v) is 14.2. The Morgan fingerprint density at radius 1 is 0.553 bits per heavy atom. The molecule has 0 amide bonds. The van der Waals surface area contributed by atoms with E-state index in [-0.39, 0.29) is 19.9 Å².